The summed E-state index contributed by atoms with van der Waals surface area (Å²) in [7, 11) is -0.0991. The zero-order chi connectivity index (χ0) is 26.4. The first-order valence-electron chi connectivity index (χ1n) is 11.8. The first-order chi connectivity index (χ1) is 17.2. The molecular formula is C27H34O8S. The van der Waals surface area contributed by atoms with Crippen molar-refractivity contribution in [2.45, 2.75) is 38.5 Å². The van der Waals surface area contributed by atoms with Gasteiger partial charge in [-0.25, -0.2) is 18.0 Å². The molecule has 9 heteroatoms. The van der Waals surface area contributed by atoms with Crippen LogP contribution < -0.4 is 14.2 Å². The molecule has 0 aromatic heterocycles. The van der Waals surface area contributed by atoms with E-state index in [2.05, 4.69) is 4.74 Å². The van der Waals surface area contributed by atoms with E-state index in [1.165, 1.54) is 26.6 Å². The van der Waals surface area contributed by atoms with Crippen LogP contribution in [-0.2, 0) is 19.4 Å². The van der Waals surface area contributed by atoms with Crippen molar-refractivity contribution < 1.29 is 37.0 Å². The number of rotatable bonds is 15. The Bertz CT molecular complexity index is 1120. The summed E-state index contributed by atoms with van der Waals surface area (Å²) in [6, 6.07) is 11.7. The van der Waals surface area contributed by atoms with Gasteiger partial charge in [0.2, 0.25) is 0 Å². The second kappa shape index (κ2) is 14.9. The number of carbonyl (C=O) groups excluding carboxylic acids is 2. The van der Waals surface area contributed by atoms with Crippen LogP contribution in [-0.4, -0.2) is 53.2 Å². The van der Waals surface area contributed by atoms with Crippen molar-refractivity contribution in [2.75, 3.05) is 32.8 Å². The van der Waals surface area contributed by atoms with E-state index >= 15 is 0 Å². The van der Waals surface area contributed by atoms with E-state index in [0.717, 1.165) is 38.5 Å². The van der Waals surface area contributed by atoms with Gasteiger partial charge < -0.3 is 18.9 Å². The summed E-state index contributed by atoms with van der Waals surface area (Å²) < 4.78 is 43.3. The van der Waals surface area contributed by atoms with E-state index in [-0.39, 0.29) is 11.5 Å². The summed E-state index contributed by atoms with van der Waals surface area (Å²) in [5, 5.41) is 0. The molecule has 2 aromatic rings. The number of sulfone groups is 1. The Kier molecular flexibility index (Phi) is 12.0. The molecule has 8 nitrogen and oxygen atoms in total. The molecule has 0 spiro atoms. The molecule has 196 valence electrons. The smallest absolute Gasteiger partial charge is 0.343 e. The fourth-order valence-corrected chi connectivity index (χ4v) is 4.04. The van der Waals surface area contributed by atoms with Gasteiger partial charge in [-0.2, -0.15) is 0 Å². The van der Waals surface area contributed by atoms with Crippen molar-refractivity contribution >= 4 is 27.9 Å². The van der Waals surface area contributed by atoms with Gasteiger partial charge in [-0.1, -0.05) is 31.7 Å². The number of methoxy groups -OCH3 is 2. The number of hydrogen-bond acceptors (Lipinski definition) is 8. The maximum absolute atomic E-state index is 12.6. The van der Waals surface area contributed by atoms with Crippen LogP contribution in [0.3, 0.4) is 0 Å². The minimum Gasteiger partial charge on any atom is -0.494 e. The van der Waals surface area contributed by atoms with Crippen molar-refractivity contribution in [1.29, 1.82) is 0 Å². The van der Waals surface area contributed by atoms with Gasteiger partial charge in [0.25, 0.3) is 0 Å². The Balaban J connectivity index is 1.77. The van der Waals surface area contributed by atoms with Crippen molar-refractivity contribution in [3.63, 3.8) is 0 Å². The van der Waals surface area contributed by atoms with E-state index in [9.17, 15) is 18.0 Å². The number of carbonyl (C=O) groups is 2. The number of esters is 2. The first-order valence-corrected chi connectivity index (χ1v) is 13.8. The van der Waals surface area contributed by atoms with Gasteiger partial charge in [-0.15, -0.1) is 0 Å². The number of benzene rings is 2. The lowest BCUT2D eigenvalue weighted by Gasteiger charge is -2.11. The molecule has 0 aliphatic heterocycles. The lowest BCUT2D eigenvalue weighted by atomic mass is 10.1. The summed E-state index contributed by atoms with van der Waals surface area (Å²) in [6.45, 7) is 0.571. The predicted molar refractivity (Wildman–Crippen MR) is 138 cm³/mol. The summed E-state index contributed by atoms with van der Waals surface area (Å²) in [4.78, 5) is 23.8. The summed E-state index contributed by atoms with van der Waals surface area (Å²) in [5.74, 6) is 0.527. The zero-order valence-corrected chi connectivity index (χ0v) is 21.8. The molecule has 36 heavy (non-hydrogen) atoms. The average Bonchev–Trinajstić information content (AvgIpc) is 2.86. The minimum atomic E-state index is -2.86. The lowest BCUT2D eigenvalue weighted by Crippen LogP contribution is -2.09. The summed E-state index contributed by atoms with van der Waals surface area (Å²) in [6.07, 6.45) is 9.75. The van der Waals surface area contributed by atoms with Crippen molar-refractivity contribution in [2.24, 2.45) is 0 Å². The zero-order valence-electron chi connectivity index (χ0n) is 21.0. The Morgan fingerprint density at radius 2 is 1.53 bits per heavy atom. The third kappa shape index (κ3) is 10.9. The van der Waals surface area contributed by atoms with Crippen LogP contribution in [0.1, 0.15) is 54.4 Å². The molecule has 0 saturated carbocycles. The third-order valence-electron chi connectivity index (χ3n) is 5.27. The highest BCUT2D eigenvalue weighted by Crippen LogP contribution is 2.29. The Morgan fingerprint density at radius 1 is 0.861 bits per heavy atom. The fourth-order valence-electron chi connectivity index (χ4n) is 3.31. The molecule has 0 bridgehead atoms. The molecule has 0 unspecified atom stereocenters. The standard InChI is InChI=1S/C27H34O8S/c1-32-25-20-21(11-17-26(28)33-2)10-16-24(25)35-27(29)22-12-14-23(15-13-22)34-18-8-6-4-5-7-9-19-36(3,30)31/h10-17,20H,4-9,18-19H2,1-3H3/b17-11+. The average molecular weight is 519 g/mol. The van der Waals surface area contributed by atoms with Crippen molar-refractivity contribution in [1.82, 2.24) is 0 Å². The van der Waals surface area contributed by atoms with Gasteiger partial charge in [0.1, 0.15) is 15.6 Å². The first kappa shape index (κ1) is 28.9. The van der Waals surface area contributed by atoms with Crippen molar-refractivity contribution in [3.8, 4) is 17.2 Å². The number of ether oxygens (including phenoxy) is 4. The van der Waals surface area contributed by atoms with Gasteiger partial charge in [0.15, 0.2) is 11.5 Å². The highest BCUT2D eigenvalue weighted by Gasteiger charge is 2.13. The highest BCUT2D eigenvalue weighted by atomic mass is 32.2. The summed E-state index contributed by atoms with van der Waals surface area (Å²) >= 11 is 0. The Hall–Kier alpha value is -3.33. The third-order valence-corrected chi connectivity index (χ3v) is 6.30. The van der Waals surface area contributed by atoms with Gasteiger partial charge in [0.05, 0.1) is 26.4 Å². The second-order valence-electron chi connectivity index (χ2n) is 8.28. The minimum absolute atomic E-state index is 0.259. The molecule has 0 saturated heterocycles. The topological polar surface area (TPSA) is 105 Å². The van der Waals surface area contributed by atoms with Crippen molar-refractivity contribution in [3.05, 3.63) is 59.7 Å². The lowest BCUT2D eigenvalue weighted by molar-refractivity contribution is -0.134. The second-order valence-corrected chi connectivity index (χ2v) is 10.5. The molecule has 2 rings (SSSR count). The van der Waals surface area contributed by atoms with Crippen LogP contribution in [0.15, 0.2) is 48.5 Å². The van der Waals surface area contributed by atoms with Gasteiger partial charge in [0, 0.05) is 18.1 Å². The monoisotopic (exact) mass is 518 g/mol. The van der Waals surface area contributed by atoms with E-state index in [4.69, 9.17) is 14.2 Å². The van der Waals surface area contributed by atoms with Crippen LogP contribution in [0.2, 0.25) is 0 Å². The molecule has 0 N–H and O–H groups in total. The quantitative estimate of drug-likeness (QED) is 0.142. The molecule has 0 aliphatic carbocycles. The summed E-state index contributed by atoms with van der Waals surface area (Å²) in [5.41, 5.74) is 1.05. The SMILES string of the molecule is COC(=O)/C=C/c1ccc(OC(=O)c2ccc(OCCCCCCCCS(C)(=O)=O)cc2)c(OC)c1. The molecule has 0 heterocycles. The number of unbranched alkanes of at least 4 members (excludes halogenated alkanes) is 5. The Labute approximate surface area is 213 Å². The molecule has 0 amide bonds. The normalized spacial score (nSPS) is 11.3. The predicted octanol–water partition coefficient (Wildman–Crippen LogP) is 4.86. The number of hydrogen-bond donors (Lipinski definition) is 0. The molecular weight excluding hydrogens is 484 g/mol. The molecule has 0 fully saturated rings. The fraction of sp³-hybridized carbons (Fsp3) is 0.407. The van der Waals surface area contributed by atoms with Crippen LogP contribution in [0, 0.1) is 0 Å². The van der Waals surface area contributed by atoms with Crippen LogP contribution in [0.5, 0.6) is 17.2 Å². The maximum Gasteiger partial charge on any atom is 0.343 e. The molecule has 0 aliphatic rings. The van der Waals surface area contributed by atoms with E-state index in [1.54, 1.807) is 48.5 Å². The van der Waals surface area contributed by atoms with E-state index < -0.39 is 21.8 Å². The maximum atomic E-state index is 12.6. The largest absolute Gasteiger partial charge is 0.494 e. The van der Waals surface area contributed by atoms with Gasteiger partial charge in [-0.3, -0.25) is 0 Å². The van der Waals surface area contributed by atoms with E-state index in [0.29, 0.717) is 29.2 Å². The Morgan fingerprint density at radius 3 is 2.17 bits per heavy atom. The van der Waals surface area contributed by atoms with Gasteiger partial charge >= 0.3 is 11.9 Å². The van der Waals surface area contributed by atoms with Crippen LogP contribution in [0.25, 0.3) is 6.08 Å². The molecule has 0 radical (unpaired) electrons. The van der Waals surface area contributed by atoms with Crippen LogP contribution in [0.4, 0.5) is 0 Å². The van der Waals surface area contributed by atoms with Gasteiger partial charge in [-0.05, 0) is 60.9 Å². The highest BCUT2D eigenvalue weighted by molar-refractivity contribution is 7.90. The van der Waals surface area contributed by atoms with E-state index in [1.807, 2.05) is 0 Å². The molecule has 0 atom stereocenters. The van der Waals surface area contributed by atoms with Crippen LogP contribution >= 0.6 is 0 Å². The molecule has 2 aromatic carbocycles.